The van der Waals surface area contributed by atoms with Crippen LogP contribution in [0.3, 0.4) is 0 Å². The molecule has 2 rings (SSSR count). The van der Waals surface area contributed by atoms with Gasteiger partial charge in [-0.3, -0.25) is 5.41 Å². The molecule has 26 heavy (non-hydrogen) atoms. The quantitative estimate of drug-likeness (QED) is 0.368. The van der Waals surface area contributed by atoms with E-state index in [0.717, 1.165) is 17.8 Å². The first kappa shape index (κ1) is 19.3. The van der Waals surface area contributed by atoms with Crippen LogP contribution in [0.4, 0.5) is 11.4 Å². The van der Waals surface area contributed by atoms with Gasteiger partial charge < -0.3 is 21.5 Å². The van der Waals surface area contributed by atoms with E-state index in [1.807, 2.05) is 39.0 Å². The predicted molar refractivity (Wildman–Crippen MR) is 106 cm³/mol. The Balaban J connectivity index is 2.48. The van der Waals surface area contributed by atoms with Gasteiger partial charge in [0.1, 0.15) is 5.84 Å². The van der Waals surface area contributed by atoms with Crippen molar-refractivity contribution in [1.29, 1.82) is 5.41 Å². The molecule has 2 aromatic carbocycles. The molecule has 0 aliphatic rings. The third-order valence-electron chi connectivity index (χ3n) is 4.40. The highest BCUT2D eigenvalue weighted by atomic mass is 16.4. The second-order valence-corrected chi connectivity index (χ2v) is 6.30. The van der Waals surface area contributed by atoms with Gasteiger partial charge in [-0.25, -0.2) is 4.79 Å². The fourth-order valence-electron chi connectivity index (χ4n) is 3.01. The van der Waals surface area contributed by atoms with E-state index >= 15 is 0 Å². The molecule has 0 fully saturated rings. The number of hydrogen-bond acceptors (Lipinski definition) is 4. The number of nitrogens with one attached hydrogen (secondary N) is 3. The maximum Gasteiger partial charge on any atom is 0.334 e. The van der Waals surface area contributed by atoms with E-state index in [-0.39, 0.29) is 5.84 Å². The zero-order valence-electron chi connectivity index (χ0n) is 15.4. The zero-order chi connectivity index (χ0) is 19.3. The lowest BCUT2D eigenvalue weighted by Crippen LogP contribution is -2.43. The lowest BCUT2D eigenvalue weighted by atomic mass is 9.85. The Hall–Kier alpha value is -3.02. The van der Waals surface area contributed by atoms with Gasteiger partial charge >= 0.3 is 5.97 Å². The van der Waals surface area contributed by atoms with Crippen molar-refractivity contribution in [3.8, 4) is 0 Å². The predicted octanol–water partition coefficient (Wildman–Crippen LogP) is 3.51. The molecular weight excluding hydrogens is 328 g/mol. The lowest BCUT2D eigenvalue weighted by Gasteiger charge is -2.32. The Kier molecular flexibility index (Phi) is 5.87. The largest absolute Gasteiger partial charge is 0.479 e. The molecule has 0 aliphatic carbocycles. The maximum atomic E-state index is 12.3. The first-order chi connectivity index (χ1) is 12.3. The van der Waals surface area contributed by atoms with Crippen LogP contribution in [-0.4, -0.2) is 23.5 Å². The van der Waals surface area contributed by atoms with Gasteiger partial charge in [-0.05, 0) is 67.8 Å². The molecule has 1 atom stereocenters. The van der Waals surface area contributed by atoms with E-state index < -0.39 is 11.5 Å². The molecule has 6 heteroatoms. The maximum absolute atomic E-state index is 12.3. The molecule has 0 heterocycles. The minimum Gasteiger partial charge on any atom is -0.479 e. The van der Waals surface area contributed by atoms with Crippen molar-refractivity contribution in [2.75, 3.05) is 17.2 Å². The SMILES string of the molecule is CCNc1cc(C)cc(C(CC)(Nc2ccc(C(=N)N)cc2)C(=O)O)c1. The number of hydrogen-bond donors (Lipinski definition) is 5. The van der Waals surface area contributed by atoms with Gasteiger partial charge in [-0.1, -0.05) is 13.0 Å². The van der Waals surface area contributed by atoms with Gasteiger partial charge in [-0.15, -0.1) is 0 Å². The summed E-state index contributed by atoms with van der Waals surface area (Å²) in [4.78, 5) is 12.3. The van der Waals surface area contributed by atoms with Crippen molar-refractivity contribution < 1.29 is 9.90 Å². The first-order valence-corrected chi connectivity index (χ1v) is 8.64. The van der Waals surface area contributed by atoms with E-state index in [9.17, 15) is 9.90 Å². The third-order valence-corrected chi connectivity index (χ3v) is 4.40. The van der Waals surface area contributed by atoms with Crippen molar-refractivity contribution in [1.82, 2.24) is 0 Å². The molecule has 0 saturated heterocycles. The molecule has 138 valence electrons. The molecule has 0 saturated carbocycles. The van der Waals surface area contributed by atoms with Crippen LogP contribution in [0.15, 0.2) is 42.5 Å². The van der Waals surface area contributed by atoms with Crippen LogP contribution >= 0.6 is 0 Å². The summed E-state index contributed by atoms with van der Waals surface area (Å²) < 4.78 is 0. The molecular formula is C20H26N4O2. The van der Waals surface area contributed by atoms with Crippen LogP contribution in [0.2, 0.25) is 0 Å². The second-order valence-electron chi connectivity index (χ2n) is 6.30. The summed E-state index contributed by atoms with van der Waals surface area (Å²) in [6.45, 7) is 6.56. The smallest absolute Gasteiger partial charge is 0.334 e. The van der Waals surface area contributed by atoms with Crippen LogP contribution in [0.1, 0.15) is 37.0 Å². The minimum absolute atomic E-state index is 0.0227. The van der Waals surface area contributed by atoms with Gasteiger partial charge in [-0.2, -0.15) is 0 Å². The van der Waals surface area contributed by atoms with Gasteiger partial charge in [0.15, 0.2) is 5.54 Å². The standard InChI is InChI=1S/C20H26N4O2/c1-4-20(19(25)26,15-10-13(3)11-17(12-15)23-5-2)24-16-8-6-14(7-9-16)18(21)22/h6-12,23-24H,4-5H2,1-3H3,(H3,21,22)(H,25,26). The second kappa shape index (κ2) is 7.91. The first-order valence-electron chi connectivity index (χ1n) is 8.64. The summed E-state index contributed by atoms with van der Waals surface area (Å²) in [6, 6.07) is 12.7. The molecule has 0 aliphatic heterocycles. The molecule has 0 radical (unpaired) electrons. The van der Waals surface area contributed by atoms with Crippen LogP contribution in [0.25, 0.3) is 0 Å². The topological polar surface area (TPSA) is 111 Å². The Labute approximate surface area is 153 Å². The van der Waals surface area contributed by atoms with Gasteiger partial charge in [0.05, 0.1) is 0 Å². The molecule has 0 bridgehead atoms. The lowest BCUT2D eigenvalue weighted by molar-refractivity contribution is -0.142. The van der Waals surface area contributed by atoms with Crippen molar-refractivity contribution in [3.63, 3.8) is 0 Å². The number of carboxylic acids is 1. The number of anilines is 2. The summed E-state index contributed by atoms with van der Waals surface area (Å²) >= 11 is 0. The number of benzene rings is 2. The average molecular weight is 354 g/mol. The Bertz CT molecular complexity index is 802. The van der Waals surface area contributed by atoms with Crippen molar-refractivity contribution in [2.45, 2.75) is 32.7 Å². The Morgan fingerprint density at radius 1 is 1.15 bits per heavy atom. The molecule has 0 spiro atoms. The highest BCUT2D eigenvalue weighted by Crippen LogP contribution is 2.33. The number of nitrogens with two attached hydrogens (primary N) is 1. The van der Waals surface area contributed by atoms with Gasteiger partial charge in [0, 0.05) is 23.5 Å². The molecule has 0 amide bonds. The summed E-state index contributed by atoms with van der Waals surface area (Å²) in [6.07, 6.45) is 0.367. The summed E-state index contributed by atoms with van der Waals surface area (Å²) in [5, 5.41) is 24.0. The number of aryl methyl sites for hydroxylation is 1. The Morgan fingerprint density at radius 3 is 2.31 bits per heavy atom. The van der Waals surface area contributed by atoms with Gasteiger partial charge in [0.2, 0.25) is 0 Å². The monoisotopic (exact) mass is 354 g/mol. The average Bonchev–Trinajstić information content (AvgIpc) is 2.59. The fourth-order valence-corrected chi connectivity index (χ4v) is 3.01. The molecule has 6 nitrogen and oxygen atoms in total. The number of aliphatic carboxylic acids is 1. The zero-order valence-corrected chi connectivity index (χ0v) is 15.4. The normalized spacial score (nSPS) is 12.9. The number of carboxylic acid groups (broad SMARTS) is 1. The van der Waals surface area contributed by atoms with Crippen LogP contribution in [0, 0.1) is 12.3 Å². The van der Waals surface area contributed by atoms with E-state index in [2.05, 4.69) is 10.6 Å². The third kappa shape index (κ3) is 3.96. The summed E-state index contributed by atoms with van der Waals surface area (Å²) in [5.41, 5.74) is 8.06. The highest BCUT2D eigenvalue weighted by Gasteiger charge is 2.39. The Morgan fingerprint density at radius 2 is 1.81 bits per heavy atom. The van der Waals surface area contributed by atoms with E-state index in [1.54, 1.807) is 24.3 Å². The highest BCUT2D eigenvalue weighted by molar-refractivity contribution is 5.95. The number of nitrogen functional groups attached to an aromatic ring is 1. The molecule has 0 aromatic heterocycles. The van der Waals surface area contributed by atoms with E-state index in [0.29, 0.717) is 23.2 Å². The molecule has 1 unspecified atom stereocenters. The van der Waals surface area contributed by atoms with Crippen molar-refractivity contribution in [2.24, 2.45) is 5.73 Å². The fraction of sp³-hybridized carbons (Fsp3) is 0.300. The number of rotatable bonds is 8. The van der Waals surface area contributed by atoms with Crippen molar-refractivity contribution in [3.05, 3.63) is 59.2 Å². The van der Waals surface area contributed by atoms with Crippen LogP contribution in [-0.2, 0) is 10.3 Å². The number of amidine groups is 1. The minimum atomic E-state index is -1.26. The van der Waals surface area contributed by atoms with Crippen LogP contribution in [0.5, 0.6) is 0 Å². The molecule has 6 N–H and O–H groups in total. The van der Waals surface area contributed by atoms with E-state index in [1.165, 1.54) is 0 Å². The summed E-state index contributed by atoms with van der Waals surface area (Å²) in [5.74, 6) is -0.964. The van der Waals surface area contributed by atoms with Crippen molar-refractivity contribution >= 4 is 23.2 Å². The van der Waals surface area contributed by atoms with Gasteiger partial charge in [0.25, 0.3) is 0 Å². The summed E-state index contributed by atoms with van der Waals surface area (Å²) in [7, 11) is 0. The number of carbonyl (C=O) groups is 1. The van der Waals surface area contributed by atoms with E-state index in [4.69, 9.17) is 11.1 Å². The van der Waals surface area contributed by atoms with Crippen LogP contribution < -0.4 is 16.4 Å². The molecule has 2 aromatic rings.